The molecule has 0 saturated carbocycles. The third-order valence-corrected chi connectivity index (χ3v) is 5.38. The number of phenols is 2. The number of nitrogens with zero attached hydrogens (tertiary/aromatic N) is 1. The molecule has 144 valence electrons. The van der Waals surface area contributed by atoms with Crippen LogP contribution in [0, 0.1) is 0 Å². The van der Waals surface area contributed by atoms with Gasteiger partial charge in [-0.2, -0.15) is 0 Å². The molecule has 3 N–H and O–H groups in total. The third-order valence-electron chi connectivity index (χ3n) is 4.00. The number of benzene rings is 2. The van der Waals surface area contributed by atoms with Crippen molar-refractivity contribution in [2.75, 3.05) is 11.9 Å². The van der Waals surface area contributed by atoms with Crippen LogP contribution in [0.5, 0.6) is 11.5 Å². The van der Waals surface area contributed by atoms with E-state index >= 15 is 0 Å². The Morgan fingerprint density at radius 2 is 1.68 bits per heavy atom. The maximum atomic E-state index is 12.6. The molecule has 1 saturated heterocycles. The lowest BCUT2D eigenvalue weighted by Gasteiger charge is -2.14. The zero-order valence-electron chi connectivity index (χ0n) is 14.8. The lowest BCUT2D eigenvalue weighted by Crippen LogP contribution is -2.29. The van der Waals surface area contributed by atoms with Gasteiger partial charge in [0.1, 0.15) is 15.8 Å². The summed E-state index contributed by atoms with van der Waals surface area (Å²) >= 11 is 6.52. The standard InChI is InChI=1S/C20H18N2O4S2/c23-15-7-3-13(4-8-15)12-17-19(26)22(20(27)28-17)11-1-2-18(25)21-14-5-9-16(24)10-6-14/h3-10,12,23-24H,1-2,11H2,(H,21,25)/b17-12-. The van der Waals surface area contributed by atoms with Crippen molar-refractivity contribution in [3.8, 4) is 11.5 Å². The lowest BCUT2D eigenvalue weighted by atomic mass is 10.2. The Bertz CT molecular complexity index is 924. The second-order valence-corrected chi connectivity index (χ2v) is 7.80. The molecule has 1 heterocycles. The number of nitrogens with one attached hydrogen (secondary N) is 1. The largest absolute Gasteiger partial charge is 0.508 e. The molecule has 1 aliphatic heterocycles. The van der Waals surface area contributed by atoms with Crippen LogP contribution in [0.25, 0.3) is 6.08 Å². The minimum absolute atomic E-state index is 0.132. The molecule has 2 aromatic rings. The third kappa shape index (κ3) is 5.11. The van der Waals surface area contributed by atoms with Gasteiger partial charge in [-0.1, -0.05) is 36.1 Å². The van der Waals surface area contributed by atoms with E-state index in [1.165, 1.54) is 28.8 Å². The molecule has 3 rings (SSSR count). The molecule has 1 fully saturated rings. The van der Waals surface area contributed by atoms with E-state index in [4.69, 9.17) is 12.2 Å². The summed E-state index contributed by atoms with van der Waals surface area (Å²) in [5.41, 5.74) is 1.40. The van der Waals surface area contributed by atoms with E-state index in [-0.39, 0.29) is 29.7 Å². The highest BCUT2D eigenvalue weighted by Crippen LogP contribution is 2.32. The van der Waals surface area contributed by atoms with Crippen molar-refractivity contribution >= 4 is 51.9 Å². The Balaban J connectivity index is 1.52. The van der Waals surface area contributed by atoms with Gasteiger partial charge < -0.3 is 15.5 Å². The van der Waals surface area contributed by atoms with Gasteiger partial charge in [0.05, 0.1) is 4.91 Å². The first kappa shape index (κ1) is 19.9. The summed E-state index contributed by atoms with van der Waals surface area (Å²) < 4.78 is 0.467. The number of hydrogen-bond donors (Lipinski definition) is 3. The second kappa shape index (κ2) is 8.90. The van der Waals surface area contributed by atoms with Gasteiger partial charge in [0.2, 0.25) is 5.91 Å². The van der Waals surface area contributed by atoms with Crippen LogP contribution in [0.3, 0.4) is 0 Å². The van der Waals surface area contributed by atoms with Gasteiger partial charge in [0.25, 0.3) is 5.91 Å². The highest BCUT2D eigenvalue weighted by molar-refractivity contribution is 8.26. The summed E-state index contributed by atoms with van der Waals surface area (Å²) in [6.07, 6.45) is 2.45. The van der Waals surface area contributed by atoms with Crippen LogP contribution in [-0.4, -0.2) is 37.8 Å². The normalized spacial score (nSPS) is 15.3. The first-order valence-corrected chi connectivity index (χ1v) is 9.78. The molecule has 0 bridgehead atoms. The summed E-state index contributed by atoms with van der Waals surface area (Å²) in [6.45, 7) is 0.362. The highest BCUT2D eigenvalue weighted by Gasteiger charge is 2.31. The molecule has 2 aromatic carbocycles. The zero-order chi connectivity index (χ0) is 20.1. The van der Waals surface area contributed by atoms with Crippen molar-refractivity contribution in [2.45, 2.75) is 12.8 Å². The summed E-state index contributed by atoms with van der Waals surface area (Å²) in [5.74, 6) is -0.0548. The minimum Gasteiger partial charge on any atom is -0.508 e. The van der Waals surface area contributed by atoms with Gasteiger partial charge in [0.15, 0.2) is 0 Å². The van der Waals surface area contributed by atoms with E-state index in [0.717, 1.165) is 5.56 Å². The predicted molar refractivity (Wildman–Crippen MR) is 114 cm³/mol. The van der Waals surface area contributed by atoms with Gasteiger partial charge in [-0.3, -0.25) is 14.5 Å². The van der Waals surface area contributed by atoms with Crippen LogP contribution < -0.4 is 5.32 Å². The van der Waals surface area contributed by atoms with Crippen molar-refractivity contribution in [3.63, 3.8) is 0 Å². The van der Waals surface area contributed by atoms with Crippen LogP contribution in [0.4, 0.5) is 5.69 Å². The number of hydrogen-bond acceptors (Lipinski definition) is 6. The zero-order valence-corrected chi connectivity index (χ0v) is 16.4. The van der Waals surface area contributed by atoms with Crippen LogP contribution in [0.1, 0.15) is 18.4 Å². The summed E-state index contributed by atoms with van der Waals surface area (Å²) in [5, 5.41) is 21.3. The van der Waals surface area contributed by atoms with E-state index in [1.54, 1.807) is 42.5 Å². The number of aromatic hydroxyl groups is 2. The van der Waals surface area contributed by atoms with E-state index in [1.807, 2.05) is 0 Å². The Morgan fingerprint density at radius 3 is 2.32 bits per heavy atom. The van der Waals surface area contributed by atoms with E-state index in [9.17, 15) is 19.8 Å². The van der Waals surface area contributed by atoms with Gasteiger partial charge in [-0.25, -0.2) is 0 Å². The number of carbonyl (C=O) groups excluding carboxylic acids is 2. The molecule has 28 heavy (non-hydrogen) atoms. The number of phenolic OH excluding ortho intramolecular Hbond substituents is 2. The Morgan fingerprint density at radius 1 is 1.07 bits per heavy atom. The number of thiocarbonyl (C=S) groups is 1. The predicted octanol–water partition coefficient (Wildman–Crippen LogP) is 3.72. The maximum absolute atomic E-state index is 12.6. The average Bonchev–Trinajstić information content (AvgIpc) is 2.93. The molecule has 0 radical (unpaired) electrons. The van der Waals surface area contributed by atoms with E-state index < -0.39 is 0 Å². The Kier molecular flexibility index (Phi) is 6.33. The summed E-state index contributed by atoms with van der Waals surface area (Å²) in [4.78, 5) is 26.6. The van der Waals surface area contributed by atoms with Crippen molar-refractivity contribution in [3.05, 3.63) is 59.0 Å². The van der Waals surface area contributed by atoms with Crippen LogP contribution >= 0.6 is 24.0 Å². The molecule has 0 unspecified atom stereocenters. The SMILES string of the molecule is O=C(CCCN1C(=O)/C(=C/c2ccc(O)cc2)SC1=S)Nc1ccc(O)cc1. The fourth-order valence-electron chi connectivity index (χ4n) is 2.58. The fourth-order valence-corrected chi connectivity index (χ4v) is 3.89. The number of anilines is 1. The van der Waals surface area contributed by atoms with Gasteiger partial charge in [-0.05, 0) is 54.5 Å². The van der Waals surface area contributed by atoms with Gasteiger partial charge in [-0.15, -0.1) is 0 Å². The number of rotatable bonds is 6. The molecular weight excluding hydrogens is 396 g/mol. The minimum atomic E-state index is -0.179. The molecule has 1 aliphatic rings. The maximum Gasteiger partial charge on any atom is 0.266 e. The fraction of sp³-hybridized carbons (Fsp3) is 0.150. The van der Waals surface area contributed by atoms with E-state index in [2.05, 4.69) is 5.32 Å². The number of carbonyl (C=O) groups is 2. The van der Waals surface area contributed by atoms with Crippen LogP contribution in [-0.2, 0) is 9.59 Å². The Labute approximate surface area is 171 Å². The average molecular weight is 415 g/mol. The van der Waals surface area contributed by atoms with Crippen LogP contribution in [0.15, 0.2) is 53.4 Å². The molecule has 6 nitrogen and oxygen atoms in total. The number of thioether (sulfide) groups is 1. The monoisotopic (exact) mass is 414 g/mol. The Hall–Kier alpha value is -2.84. The van der Waals surface area contributed by atoms with E-state index in [0.29, 0.717) is 27.9 Å². The smallest absolute Gasteiger partial charge is 0.266 e. The molecule has 0 aromatic heterocycles. The van der Waals surface area contributed by atoms with Crippen molar-refractivity contribution in [1.82, 2.24) is 4.90 Å². The van der Waals surface area contributed by atoms with Gasteiger partial charge >= 0.3 is 0 Å². The van der Waals surface area contributed by atoms with Gasteiger partial charge in [0, 0.05) is 18.7 Å². The first-order valence-electron chi connectivity index (χ1n) is 8.55. The quantitative estimate of drug-likeness (QED) is 0.379. The lowest BCUT2D eigenvalue weighted by molar-refractivity contribution is -0.122. The van der Waals surface area contributed by atoms with Crippen molar-refractivity contribution in [2.24, 2.45) is 0 Å². The van der Waals surface area contributed by atoms with Crippen LogP contribution in [0.2, 0.25) is 0 Å². The summed E-state index contributed by atoms with van der Waals surface area (Å²) in [6, 6.07) is 12.8. The van der Waals surface area contributed by atoms with Crippen molar-refractivity contribution in [1.29, 1.82) is 0 Å². The molecule has 8 heteroatoms. The van der Waals surface area contributed by atoms with Crippen molar-refractivity contribution < 1.29 is 19.8 Å². The molecule has 0 aliphatic carbocycles. The number of amides is 2. The topological polar surface area (TPSA) is 89.9 Å². The molecule has 0 atom stereocenters. The molecular formula is C20H18N2O4S2. The summed E-state index contributed by atoms with van der Waals surface area (Å²) in [7, 11) is 0. The molecule has 2 amide bonds. The second-order valence-electron chi connectivity index (χ2n) is 6.12. The highest BCUT2D eigenvalue weighted by atomic mass is 32.2. The molecule has 0 spiro atoms. The first-order chi connectivity index (χ1) is 13.4.